The van der Waals surface area contributed by atoms with E-state index in [0.29, 0.717) is 11.3 Å². The average Bonchev–Trinajstić information content (AvgIpc) is 2.90. The van der Waals surface area contributed by atoms with Crippen LogP contribution in [0.2, 0.25) is 0 Å². The lowest BCUT2D eigenvalue weighted by atomic mass is 10.0. The lowest BCUT2D eigenvalue weighted by Gasteiger charge is -2.10. The van der Waals surface area contributed by atoms with Crippen LogP contribution in [0.25, 0.3) is 11.1 Å². The van der Waals surface area contributed by atoms with E-state index in [1.54, 1.807) is 36.4 Å². The Balaban J connectivity index is 0.000000505. The number of hydrogen-bond acceptors (Lipinski definition) is 5. The van der Waals surface area contributed by atoms with Gasteiger partial charge in [0.1, 0.15) is 5.82 Å². The van der Waals surface area contributed by atoms with Crippen LogP contribution in [0.5, 0.6) is 0 Å². The van der Waals surface area contributed by atoms with E-state index in [-0.39, 0.29) is 16.6 Å². The second-order valence-electron chi connectivity index (χ2n) is 7.55. The summed E-state index contributed by atoms with van der Waals surface area (Å²) in [6.07, 6.45) is -3.58. The molecule has 12 heteroatoms. The fourth-order valence-electron chi connectivity index (χ4n) is 3.01. The van der Waals surface area contributed by atoms with Crippen LogP contribution in [0.3, 0.4) is 0 Å². The molecule has 0 saturated carbocycles. The van der Waals surface area contributed by atoms with Crippen molar-refractivity contribution in [1.82, 2.24) is 4.98 Å². The Kier molecular flexibility index (Phi) is 8.81. The van der Waals surface area contributed by atoms with Crippen LogP contribution in [0.4, 0.5) is 24.7 Å². The molecule has 8 nitrogen and oxygen atoms in total. The van der Waals surface area contributed by atoms with Crippen LogP contribution in [0.1, 0.15) is 10.4 Å². The number of aromatic nitrogens is 1. The van der Waals surface area contributed by atoms with Crippen molar-refractivity contribution < 1.29 is 36.3 Å². The summed E-state index contributed by atoms with van der Waals surface area (Å²) in [5.74, 6) is -2.80. The Morgan fingerprint density at radius 3 is 1.97 bits per heavy atom. The van der Waals surface area contributed by atoms with E-state index in [1.807, 2.05) is 48.5 Å². The maximum atomic E-state index is 12.7. The Morgan fingerprint density at radius 2 is 1.39 bits per heavy atom. The molecule has 196 valence electrons. The van der Waals surface area contributed by atoms with E-state index in [2.05, 4.69) is 15.0 Å². The number of carboxylic acids is 1. The van der Waals surface area contributed by atoms with Gasteiger partial charge in [0, 0.05) is 17.4 Å². The van der Waals surface area contributed by atoms with Gasteiger partial charge >= 0.3 is 12.1 Å². The van der Waals surface area contributed by atoms with Gasteiger partial charge in [-0.3, -0.25) is 9.52 Å². The maximum Gasteiger partial charge on any atom is 0.490 e. The molecule has 0 aliphatic heterocycles. The molecule has 0 radical (unpaired) electrons. The zero-order chi connectivity index (χ0) is 27.8. The highest BCUT2D eigenvalue weighted by Gasteiger charge is 2.38. The van der Waals surface area contributed by atoms with Crippen molar-refractivity contribution in [1.29, 1.82) is 0 Å². The molecule has 4 aromatic rings. The molecule has 0 bridgehead atoms. The Labute approximate surface area is 215 Å². The number of carbonyl (C=O) groups is 2. The third-order valence-corrected chi connectivity index (χ3v) is 6.17. The van der Waals surface area contributed by atoms with E-state index in [9.17, 15) is 26.4 Å². The molecule has 3 aromatic carbocycles. The molecule has 0 fully saturated rings. The van der Waals surface area contributed by atoms with E-state index >= 15 is 0 Å². The third kappa shape index (κ3) is 7.90. The number of carbonyl (C=O) groups excluding carboxylic acids is 1. The van der Waals surface area contributed by atoms with Gasteiger partial charge < -0.3 is 10.4 Å². The number of anilines is 2. The van der Waals surface area contributed by atoms with Crippen LogP contribution in [-0.2, 0) is 14.8 Å². The minimum absolute atomic E-state index is 0.0715. The molecular weight excluding hydrogens is 523 g/mol. The Morgan fingerprint density at radius 1 is 0.789 bits per heavy atom. The summed E-state index contributed by atoms with van der Waals surface area (Å²) >= 11 is 0. The molecule has 0 aliphatic carbocycles. The van der Waals surface area contributed by atoms with E-state index < -0.39 is 22.2 Å². The fraction of sp³-hybridized carbons (Fsp3) is 0.0385. The number of nitrogens with zero attached hydrogens (tertiary/aromatic N) is 1. The highest BCUT2D eigenvalue weighted by molar-refractivity contribution is 7.92. The molecule has 1 aromatic heterocycles. The molecule has 1 heterocycles. The molecular formula is C26H20F3N3O5S. The molecule has 0 aliphatic rings. The number of benzene rings is 3. The summed E-state index contributed by atoms with van der Waals surface area (Å²) in [7, 11) is -3.77. The van der Waals surface area contributed by atoms with Crippen LogP contribution < -0.4 is 10.0 Å². The van der Waals surface area contributed by atoms with Crippen molar-refractivity contribution in [2.75, 3.05) is 10.0 Å². The van der Waals surface area contributed by atoms with Gasteiger partial charge in [0.15, 0.2) is 0 Å². The summed E-state index contributed by atoms with van der Waals surface area (Å²) in [4.78, 5) is 25.6. The first kappa shape index (κ1) is 27.9. The van der Waals surface area contributed by atoms with Crippen LogP contribution >= 0.6 is 0 Å². The average molecular weight is 544 g/mol. The van der Waals surface area contributed by atoms with E-state index in [1.165, 1.54) is 18.3 Å². The number of rotatable bonds is 6. The monoisotopic (exact) mass is 543 g/mol. The van der Waals surface area contributed by atoms with Crippen LogP contribution in [-0.4, -0.2) is 36.6 Å². The number of pyridine rings is 1. The molecule has 3 N–H and O–H groups in total. The number of aliphatic carboxylic acids is 1. The maximum absolute atomic E-state index is 12.7. The molecule has 0 saturated heterocycles. The molecule has 0 unspecified atom stereocenters. The lowest BCUT2D eigenvalue weighted by Crippen LogP contribution is -2.21. The van der Waals surface area contributed by atoms with Gasteiger partial charge in [0.25, 0.3) is 15.9 Å². The van der Waals surface area contributed by atoms with Gasteiger partial charge in [-0.2, -0.15) is 13.2 Å². The summed E-state index contributed by atoms with van der Waals surface area (Å²) in [5, 5.41) is 9.92. The molecule has 1 amide bonds. The van der Waals surface area contributed by atoms with Crippen molar-refractivity contribution in [3.8, 4) is 11.1 Å². The first-order valence-corrected chi connectivity index (χ1v) is 12.2. The summed E-state index contributed by atoms with van der Waals surface area (Å²) in [6, 6.07) is 28.0. The standard InChI is InChI=1S/C24H19N3O3S.C2HF3O2/c28-24(20-10-6-9-19(17-20)18-7-2-1-3-8-18)26-21-12-14-22(15-13-21)31(29,30)27-23-11-4-5-16-25-23;3-2(4,5)1(6)7/h1-17H,(H,25,27)(H,26,28);(H,6,7). The second kappa shape index (κ2) is 12.0. The number of amides is 1. The van der Waals surface area contributed by atoms with Crippen molar-refractivity contribution >= 4 is 33.4 Å². The smallest absolute Gasteiger partial charge is 0.475 e. The minimum atomic E-state index is -5.08. The van der Waals surface area contributed by atoms with Gasteiger partial charge in [-0.25, -0.2) is 18.2 Å². The predicted molar refractivity (Wildman–Crippen MR) is 135 cm³/mol. The zero-order valence-corrected chi connectivity index (χ0v) is 20.2. The second-order valence-corrected chi connectivity index (χ2v) is 9.23. The lowest BCUT2D eigenvalue weighted by molar-refractivity contribution is -0.192. The highest BCUT2D eigenvalue weighted by Crippen LogP contribution is 2.22. The predicted octanol–water partition coefficient (Wildman–Crippen LogP) is 5.44. The van der Waals surface area contributed by atoms with Gasteiger partial charge in [0.2, 0.25) is 0 Å². The normalized spacial score (nSPS) is 11.0. The van der Waals surface area contributed by atoms with Crippen LogP contribution in [0.15, 0.2) is 108 Å². The zero-order valence-electron chi connectivity index (χ0n) is 19.4. The Bertz CT molecular complexity index is 1500. The third-order valence-electron chi connectivity index (χ3n) is 4.80. The quantitative estimate of drug-likeness (QED) is 0.298. The molecule has 0 atom stereocenters. The minimum Gasteiger partial charge on any atom is -0.475 e. The van der Waals surface area contributed by atoms with Crippen molar-refractivity contribution in [3.63, 3.8) is 0 Å². The Hall–Kier alpha value is -4.71. The first-order valence-electron chi connectivity index (χ1n) is 10.8. The number of nitrogens with one attached hydrogen (secondary N) is 2. The first-order chi connectivity index (χ1) is 18.0. The molecule has 38 heavy (non-hydrogen) atoms. The van der Waals surface area contributed by atoms with Crippen molar-refractivity contribution in [3.05, 3.63) is 109 Å². The topological polar surface area (TPSA) is 125 Å². The highest BCUT2D eigenvalue weighted by atomic mass is 32.2. The molecule has 4 rings (SSSR count). The largest absolute Gasteiger partial charge is 0.490 e. The molecule has 0 spiro atoms. The van der Waals surface area contributed by atoms with Gasteiger partial charge in [-0.1, -0.05) is 48.5 Å². The number of sulfonamides is 1. The summed E-state index contributed by atoms with van der Waals surface area (Å²) in [5.41, 5.74) is 2.96. The van der Waals surface area contributed by atoms with Crippen molar-refractivity contribution in [2.24, 2.45) is 0 Å². The van der Waals surface area contributed by atoms with Crippen LogP contribution in [0, 0.1) is 0 Å². The van der Waals surface area contributed by atoms with E-state index in [0.717, 1.165) is 11.1 Å². The fourth-order valence-corrected chi connectivity index (χ4v) is 4.02. The van der Waals surface area contributed by atoms with Gasteiger partial charge in [0.05, 0.1) is 4.90 Å². The number of halogens is 3. The number of alkyl halides is 3. The SMILES string of the molecule is O=C(Nc1ccc(S(=O)(=O)Nc2ccccn2)cc1)c1cccc(-c2ccccc2)c1.O=C(O)C(F)(F)F. The van der Waals surface area contributed by atoms with E-state index in [4.69, 9.17) is 9.90 Å². The summed E-state index contributed by atoms with van der Waals surface area (Å²) in [6.45, 7) is 0. The van der Waals surface area contributed by atoms with Crippen molar-refractivity contribution in [2.45, 2.75) is 11.1 Å². The number of carboxylic acid groups (broad SMARTS) is 1. The van der Waals surface area contributed by atoms with Gasteiger partial charge in [-0.15, -0.1) is 0 Å². The summed E-state index contributed by atoms with van der Waals surface area (Å²) < 4.78 is 59.1. The van der Waals surface area contributed by atoms with Gasteiger partial charge in [-0.05, 0) is 59.7 Å². The number of hydrogen-bond donors (Lipinski definition) is 3.